The van der Waals surface area contributed by atoms with Gasteiger partial charge < -0.3 is 0 Å². The van der Waals surface area contributed by atoms with Crippen LogP contribution in [-0.4, -0.2) is 29.1 Å². The third kappa shape index (κ3) is 15.5. The molecule has 0 N–H and O–H groups in total. The van der Waals surface area contributed by atoms with E-state index < -0.39 is 0 Å². The summed E-state index contributed by atoms with van der Waals surface area (Å²) >= 11 is 0. The lowest BCUT2D eigenvalue weighted by molar-refractivity contribution is 0.795. The molecule has 0 saturated heterocycles. The van der Waals surface area contributed by atoms with Crippen LogP contribution in [0.1, 0.15) is 127 Å². The number of benzene rings is 5. The fourth-order valence-corrected chi connectivity index (χ4v) is 7.01. The zero-order valence-electron chi connectivity index (χ0n) is 38.0. The predicted octanol–water partition coefficient (Wildman–Crippen LogP) is 15.8. The van der Waals surface area contributed by atoms with Crippen molar-refractivity contribution in [2.24, 2.45) is 25.0 Å². The lowest BCUT2D eigenvalue weighted by Gasteiger charge is -2.13. The van der Waals surface area contributed by atoms with E-state index in [0.717, 1.165) is 125 Å². The molecule has 62 heavy (non-hydrogen) atoms. The summed E-state index contributed by atoms with van der Waals surface area (Å²) in [4.78, 5) is 26.2. The van der Waals surface area contributed by atoms with Crippen molar-refractivity contribution >= 4 is 57.5 Å². The number of nitrogens with zero attached hydrogens (tertiary/aromatic N) is 5. The van der Waals surface area contributed by atoms with Gasteiger partial charge in [0, 0.05) is 0 Å². The third-order valence-corrected chi connectivity index (χ3v) is 10.9. The molecule has 0 fully saturated rings. The molecule has 5 heteroatoms. The number of unbranched alkanes of at least 4 members (excludes halogenated alkanes) is 5. The molecule has 0 aliphatic carbocycles. The molecule has 5 aromatic carbocycles. The summed E-state index contributed by atoms with van der Waals surface area (Å²) in [5.41, 5.74) is 12.1. The molecule has 0 amide bonds. The van der Waals surface area contributed by atoms with Gasteiger partial charge in [0.15, 0.2) is 0 Å². The average molecular weight is 822 g/mol. The molecular weight excluding hydrogens is 755 g/mol. The minimum Gasteiger partial charge on any atom is -0.255 e. The van der Waals surface area contributed by atoms with E-state index in [1.165, 1.54) is 27.8 Å². The second-order valence-corrected chi connectivity index (χ2v) is 16.1. The first-order valence-electron chi connectivity index (χ1n) is 23.3. The maximum atomic E-state index is 6.48. The molecule has 0 unspecified atom stereocenters. The van der Waals surface area contributed by atoms with Crippen LogP contribution in [0.3, 0.4) is 0 Å². The van der Waals surface area contributed by atoms with Gasteiger partial charge in [-0.3, -0.25) is 4.99 Å². The summed E-state index contributed by atoms with van der Waals surface area (Å²) in [5.74, 6) is 2.94. The number of aliphatic imine (C=N–C) groups is 5. The lowest BCUT2D eigenvalue weighted by Crippen LogP contribution is -2.31. The largest absolute Gasteiger partial charge is 0.255 e. The molecule has 5 aromatic rings. The second-order valence-electron chi connectivity index (χ2n) is 16.1. The van der Waals surface area contributed by atoms with Crippen molar-refractivity contribution in [3.05, 3.63) is 149 Å². The minimum absolute atomic E-state index is 0.357. The number of terminal acetylenes is 1. The average Bonchev–Trinajstić information content (AvgIpc) is 3.31. The molecule has 0 radical (unpaired) electrons. The number of aryl methyl sites for hydroxylation is 5. The number of rotatable bonds is 24. The van der Waals surface area contributed by atoms with E-state index in [1.807, 2.05) is 12.1 Å². The smallest absolute Gasteiger partial charge is 0.141 e. The standard InChI is InChI=1S/C57H67N5/c1-7-13-18-44-23-33-49(34-24-44)58-43-55(60-51-37-27-46(28-38-51)20-15-9-3)57(62-53-41-31-48(32-42-53)22-17-11-5)56(61-52-39-29-47(30-40-52)21-16-10-4)54(12-6)59-50-35-25-45(26-36-50)19-14-8-2/h6,23-43H,7-11,13-22H2,1-5H3. The van der Waals surface area contributed by atoms with Crippen molar-refractivity contribution in [1.29, 1.82) is 0 Å². The topological polar surface area (TPSA) is 61.8 Å². The van der Waals surface area contributed by atoms with Crippen molar-refractivity contribution in [2.75, 3.05) is 0 Å². The van der Waals surface area contributed by atoms with Crippen molar-refractivity contribution < 1.29 is 0 Å². The molecule has 0 atom stereocenters. The zero-order chi connectivity index (χ0) is 43.8. The van der Waals surface area contributed by atoms with Gasteiger partial charge in [-0.15, -0.1) is 6.42 Å². The Morgan fingerprint density at radius 3 is 1.00 bits per heavy atom. The van der Waals surface area contributed by atoms with Crippen molar-refractivity contribution in [3.63, 3.8) is 0 Å². The summed E-state index contributed by atoms with van der Waals surface area (Å²) < 4.78 is 0. The highest BCUT2D eigenvalue weighted by atomic mass is 14.9. The first-order chi connectivity index (χ1) is 30.4. The van der Waals surface area contributed by atoms with E-state index >= 15 is 0 Å². The molecule has 5 rings (SSSR count). The molecule has 0 heterocycles. The molecular formula is C57H67N5. The van der Waals surface area contributed by atoms with Crippen LogP contribution in [0.15, 0.2) is 146 Å². The van der Waals surface area contributed by atoms with Crippen LogP contribution in [-0.2, 0) is 32.1 Å². The van der Waals surface area contributed by atoms with Gasteiger partial charge in [-0.05, 0) is 159 Å². The second kappa shape index (κ2) is 26.4. The molecule has 0 aliphatic heterocycles. The first kappa shape index (κ1) is 47.1. The van der Waals surface area contributed by atoms with Crippen LogP contribution < -0.4 is 0 Å². The van der Waals surface area contributed by atoms with Crippen LogP contribution >= 0.6 is 0 Å². The van der Waals surface area contributed by atoms with E-state index in [0.29, 0.717) is 22.8 Å². The van der Waals surface area contributed by atoms with Gasteiger partial charge in [-0.2, -0.15) is 0 Å². The molecule has 5 nitrogen and oxygen atoms in total. The van der Waals surface area contributed by atoms with E-state index in [2.05, 4.69) is 150 Å². The number of hydrogen-bond donors (Lipinski definition) is 0. The summed E-state index contributed by atoms with van der Waals surface area (Å²) in [6.07, 6.45) is 24.8. The van der Waals surface area contributed by atoms with Crippen LogP contribution in [0.25, 0.3) is 0 Å². The molecule has 0 bridgehead atoms. The highest BCUT2D eigenvalue weighted by molar-refractivity contribution is 6.90. The molecule has 320 valence electrons. The molecule has 0 aromatic heterocycles. The van der Waals surface area contributed by atoms with Crippen LogP contribution in [0.2, 0.25) is 0 Å². The quantitative estimate of drug-likeness (QED) is 0.0440. The van der Waals surface area contributed by atoms with Crippen LogP contribution in [0.4, 0.5) is 28.4 Å². The monoisotopic (exact) mass is 822 g/mol. The zero-order valence-corrected chi connectivity index (χ0v) is 38.0. The summed E-state index contributed by atoms with van der Waals surface area (Å²) in [7, 11) is 0. The lowest BCUT2D eigenvalue weighted by atomic mass is 10.0. The minimum atomic E-state index is 0.357. The van der Waals surface area contributed by atoms with Gasteiger partial charge in [-0.25, -0.2) is 20.0 Å². The Morgan fingerprint density at radius 2 is 0.677 bits per heavy atom. The van der Waals surface area contributed by atoms with Gasteiger partial charge >= 0.3 is 0 Å². The highest BCUT2D eigenvalue weighted by Crippen LogP contribution is 2.24. The predicted molar refractivity (Wildman–Crippen MR) is 271 cm³/mol. The van der Waals surface area contributed by atoms with Crippen molar-refractivity contribution in [2.45, 2.75) is 131 Å². The van der Waals surface area contributed by atoms with Crippen LogP contribution in [0, 0.1) is 12.3 Å². The third-order valence-electron chi connectivity index (χ3n) is 10.9. The Morgan fingerprint density at radius 1 is 0.387 bits per heavy atom. The Hall–Kier alpha value is -5.99. The van der Waals surface area contributed by atoms with E-state index in [4.69, 9.17) is 31.4 Å². The van der Waals surface area contributed by atoms with E-state index in [9.17, 15) is 0 Å². The van der Waals surface area contributed by atoms with Gasteiger partial charge in [0.25, 0.3) is 0 Å². The SMILES string of the molecule is C#CC(=Nc1ccc(CCCC)cc1)C(=Nc1ccc(CCCC)cc1)C(=Nc1ccc(CCCC)cc1)C(C=Nc1ccc(CCCC)cc1)=Nc1ccc(CCCC)cc1. The molecule has 0 spiro atoms. The summed E-state index contributed by atoms with van der Waals surface area (Å²) in [6.45, 7) is 11.1. The highest BCUT2D eigenvalue weighted by Gasteiger charge is 2.22. The molecule has 0 aliphatic rings. The molecule has 0 saturated carbocycles. The summed E-state index contributed by atoms with van der Waals surface area (Å²) in [6, 6.07) is 42.2. The van der Waals surface area contributed by atoms with E-state index in [1.54, 1.807) is 6.21 Å². The van der Waals surface area contributed by atoms with Crippen LogP contribution in [0.5, 0.6) is 0 Å². The normalized spacial score (nSPS) is 12.6. The fourth-order valence-electron chi connectivity index (χ4n) is 7.01. The first-order valence-corrected chi connectivity index (χ1v) is 23.3. The Bertz CT molecular complexity index is 2280. The fraction of sp³-hybridized carbons (Fsp3) is 0.351. The van der Waals surface area contributed by atoms with Gasteiger partial charge in [0.1, 0.15) is 22.8 Å². The summed E-state index contributed by atoms with van der Waals surface area (Å²) in [5, 5.41) is 0. The van der Waals surface area contributed by atoms with Crippen molar-refractivity contribution in [1.82, 2.24) is 0 Å². The van der Waals surface area contributed by atoms with E-state index in [-0.39, 0.29) is 0 Å². The van der Waals surface area contributed by atoms with Gasteiger partial charge in [-0.1, -0.05) is 127 Å². The Kier molecular flexibility index (Phi) is 20.0. The maximum Gasteiger partial charge on any atom is 0.141 e. The van der Waals surface area contributed by atoms with Gasteiger partial charge in [0.05, 0.1) is 34.7 Å². The Labute approximate surface area is 373 Å². The van der Waals surface area contributed by atoms with Gasteiger partial charge in [0.2, 0.25) is 0 Å². The Balaban J connectivity index is 1.75. The van der Waals surface area contributed by atoms with Crippen molar-refractivity contribution in [3.8, 4) is 12.3 Å². The maximum absolute atomic E-state index is 6.48. The number of hydrogen-bond acceptors (Lipinski definition) is 5.